The maximum absolute atomic E-state index is 3.54. The summed E-state index contributed by atoms with van der Waals surface area (Å²) in [5.41, 5.74) is 5.24. The molecule has 0 heterocycles. The highest BCUT2D eigenvalue weighted by Crippen LogP contribution is 2.18. The van der Waals surface area contributed by atoms with Gasteiger partial charge in [-0.15, -0.1) is 0 Å². The summed E-state index contributed by atoms with van der Waals surface area (Å²) >= 11 is 0. The van der Waals surface area contributed by atoms with E-state index >= 15 is 0 Å². The molecule has 0 bridgehead atoms. The molecule has 0 aliphatic heterocycles. The van der Waals surface area contributed by atoms with E-state index in [4.69, 9.17) is 0 Å². The van der Waals surface area contributed by atoms with Gasteiger partial charge in [-0.25, -0.2) is 0 Å². The Morgan fingerprint density at radius 3 is 2.14 bits per heavy atom. The van der Waals surface area contributed by atoms with Gasteiger partial charge in [0, 0.05) is 31.0 Å². The van der Waals surface area contributed by atoms with E-state index in [0.717, 1.165) is 26.1 Å². The fraction of sp³-hybridized carbons (Fsp3) is 0.368. The lowest BCUT2D eigenvalue weighted by Gasteiger charge is -2.21. The van der Waals surface area contributed by atoms with Crippen LogP contribution in [0, 0.1) is 0 Å². The van der Waals surface area contributed by atoms with Crippen molar-refractivity contribution < 1.29 is 0 Å². The van der Waals surface area contributed by atoms with Crippen LogP contribution in [0.3, 0.4) is 0 Å². The molecular formula is C19H26N2. The summed E-state index contributed by atoms with van der Waals surface area (Å²) in [6.07, 6.45) is 1.06. The zero-order chi connectivity index (χ0) is 15.1. The van der Waals surface area contributed by atoms with Crippen LogP contribution in [0.5, 0.6) is 0 Å². The van der Waals surface area contributed by atoms with E-state index in [-0.39, 0.29) is 0 Å². The highest BCUT2D eigenvalue weighted by atomic mass is 15.1. The van der Waals surface area contributed by atoms with Crippen LogP contribution < -0.4 is 10.2 Å². The molecule has 2 heteroatoms. The molecule has 0 radical (unpaired) electrons. The van der Waals surface area contributed by atoms with Gasteiger partial charge in [-0.1, -0.05) is 37.3 Å². The lowest BCUT2D eigenvalue weighted by molar-refractivity contribution is 0.865. The Balaban J connectivity index is 2.00. The number of nitrogens with one attached hydrogen (secondary N) is 1. The van der Waals surface area contributed by atoms with Crippen molar-refractivity contribution in [1.82, 2.24) is 0 Å². The van der Waals surface area contributed by atoms with Crippen LogP contribution in [0.4, 0.5) is 11.4 Å². The van der Waals surface area contributed by atoms with Crippen molar-refractivity contribution in [1.29, 1.82) is 0 Å². The molecule has 2 nitrogen and oxygen atoms in total. The second kappa shape index (κ2) is 7.72. The smallest absolute Gasteiger partial charge is 0.0400 e. The molecule has 0 atom stereocenters. The number of hydrogen-bond acceptors (Lipinski definition) is 2. The van der Waals surface area contributed by atoms with Crippen LogP contribution in [0.25, 0.3) is 0 Å². The van der Waals surface area contributed by atoms with Crippen LogP contribution >= 0.6 is 0 Å². The molecule has 2 rings (SSSR count). The zero-order valence-electron chi connectivity index (χ0n) is 13.4. The first-order valence-corrected chi connectivity index (χ1v) is 7.94. The van der Waals surface area contributed by atoms with Crippen molar-refractivity contribution in [2.24, 2.45) is 0 Å². The van der Waals surface area contributed by atoms with Crippen molar-refractivity contribution in [3.05, 3.63) is 59.7 Å². The fourth-order valence-electron chi connectivity index (χ4n) is 2.61. The van der Waals surface area contributed by atoms with Crippen LogP contribution in [-0.4, -0.2) is 13.1 Å². The van der Waals surface area contributed by atoms with Crippen LogP contribution in [0.1, 0.15) is 31.9 Å². The van der Waals surface area contributed by atoms with E-state index in [1.807, 2.05) is 0 Å². The fourth-order valence-corrected chi connectivity index (χ4v) is 2.61. The van der Waals surface area contributed by atoms with Gasteiger partial charge in [0.05, 0.1) is 0 Å². The lowest BCUT2D eigenvalue weighted by atomic mass is 10.1. The highest BCUT2D eigenvalue weighted by Gasteiger charge is 2.02. The van der Waals surface area contributed by atoms with Gasteiger partial charge in [0.2, 0.25) is 0 Å². The Hall–Kier alpha value is -1.96. The number of para-hydroxylation sites is 1. The average molecular weight is 282 g/mol. The molecule has 0 fully saturated rings. The van der Waals surface area contributed by atoms with Crippen molar-refractivity contribution in [2.75, 3.05) is 23.3 Å². The van der Waals surface area contributed by atoms with Gasteiger partial charge in [-0.05, 0) is 49.6 Å². The Kier molecular flexibility index (Phi) is 5.68. The molecule has 0 aromatic heterocycles. The van der Waals surface area contributed by atoms with Gasteiger partial charge >= 0.3 is 0 Å². The molecule has 0 saturated heterocycles. The van der Waals surface area contributed by atoms with E-state index in [0.29, 0.717) is 0 Å². The third kappa shape index (κ3) is 4.01. The summed E-state index contributed by atoms with van der Waals surface area (Å²) in [6.45, 7) is 9.56. The number of nitrogens with zero attached hydrogens (tertiary/aromatic N) is 1. The molecule has 0 unspecified atom stereocenters. The van der Waals surface area contributed by atoms with E-state index in [9.17, 15) is 0 Å². The zero-order valence-corrected chi connectivity index (χ0v) is 13.4. The normalized spacial score (nSPS) is 10.4. The maximum Gasteiger partial charge on any atom is 0.0400 e. The Morgan fingerprint density at radius 1 is 0.857 bits per heavy atom. The SMILES string of the molecule is CCc1ccccc1NCc1ccc(N(CC)CC)cc1. The molecule has 2 aromatic rings. The molecule has 0 amide bonds. The van der Waals surface area contributed by atoms with Gasteiger partial charge in [0.15, 0.2) is 0 Å². The summed E-state index contributed by atoms with van der Waals surface area (Å²) in [6, 6.07) is 17.4. The van der Waals surface area contributed by atoms with Crippen molar-refractivity contribution in [3.8, 4) is 0 Å². The molecule has 0 saturated carbocycles. The molecule has 2 aromatic carbocycles. The Bertz CT molecular complexity index is 542. The third-order valence-electron chi connectivity index (χ3n) is 3.95. The number of benzene rings is 2. The minimum atomic E-state index is 0.871. The monoisotopic (exact) mass is 282 g/mol. The van der Waals surface area contributed by atoms with E-state index < -0.39 is 0 Å². The third-order valence-corrected chi connectivity index (χ3v) is 3.95. The molecule has 112 valence electrons. The van der Waals surface area contributed by atoms with E-state index in [2.05, 4.69) is 79.5 Å². The first-order valence-electron chi connectivity index (χ1n) is 7.94. The molecule has 0 spiro atoms. The van der Waals surface area contributed by atoms with E-state index in [1.165, 1.54) is 22.5 Å². The van der Waals surface area contributed by atoms with E-state index in [1.54, 1.807) is 0 Å². The van der Waals surface area contributed by atoms with Crippen LogP contribution in [0.15, 0.2) is 48.5 Å². The molecular weight excluding hydrogens is 256 g/mol. The maximum atomic E-state index is 3.54. The second-order valence-corrected chi connectivity index (χ2v) is 5.20. The average Bonchev–Trinajstić information content (AvgIpc) is 2.55. The van der Waals surface area contributed by atoms with Gasteiger partial charge < -0.3 is 10.2 Å². The standard InChI is InChI=1S/C19H26N2/c1-4-17-9-7-8-10-19(17)20-15-16-11-13-18(14-12-16)21(5-2)6-3/h7-14,20H,4-6,15H2,1-3H3. The quantitative estimate of drug-likeness (QED) is 0.791. The van der Waals surface area contributed by atoms with Crippen molar-refractivity contribution in [2.45, 2.75) is 33.7 Å². The first-order chi connectivity index (χ1) is 10.3. The summed E-state index contributed by atoms with van der Waals surface area (Å²) in [5, 5.41) is 3.54. The van der Waals surface area contributed by atoms with Crippen molar-refractivity contribution in [3.63, 3.8) is 0 Å². The van der Waals surface area contributed by atoms with Gasteiger partial charge in [-0.3, -0.25) is 0 Å². The molecule has 0 aliphatic carbocycles. The Labute approximate surface area is 128 Å². The summed E-state index contributed by atoms with van der Waals surface area (Å²) in [4.78, 5) is 2.36. The topological polar surface area (TPSA) is 15.3 Å². The first kappa shape index (κ1) is 15.4. The van der Waals surface area contributed by atoms with Gasteiger partial charge in [-0.2, -0.15) is 0 Å². The molecule has 1 N–H and O–H groups in total. The van der Waals surface area contributed by atoms with Gasteiger partial charge in [0.1, 0.15) is 0 Å². The number of aryl methyl sites for hydroxylation is 1. The summed E-state index contributed by atoms with van der Waals surface area (Å²) < 4.78 is 0. The summed E-state index contributed by atoms with van der Waals surface area (Å²) in [5.74, 6) is 0. The molecule has 21 heavy (non-hydrogen) atoms. The second-order valence-electron chi connectivity index (χ2n) is 5.20. The minimum absolute atomic E-state index is 0.871. The number of hydrogen-bond donors (Lipinski definition) is 1. The number of anilines is 2. The number of rotatable bonds is 7. The highest BCUT2D eigenvalue weighted by molar-refractivity contribution is 5.52. The van der Waals surface area contributed by atoms with Crippen LogP contribution in [-0.2, 0) is 13.0 Å². The van der Waals surface area contributed by atoms with Crippen LogP contribution in [0.2, 0.25) is 0 Å². The summed E-state index contributed by atoms with van der Waals surface area (Å²) in [7, 11) is 0. The predicted octanol–water partition coefficient (Wildman–Crippen LogP) is 4.71. The lowest BCUT2D eigenvalue weighted by Crippen LogP contribution is -2.21. The predicted molar refractivity (Wildman–Crippen MR) is 93.1 cm³/mol. The van der Waals surface area contributed by atoms with Gasteiger partial charge in [0.25, 0.3) is 0 Å². The minimum Gasteiger partial charge on any atom is -0.381 e. The molecule has 0 aliphatic rings. The Morgan fingerprint density at radius 2 is 1.52 bits per heavy atom. The van der Waals surface area contributed by atoms with Crippen molar-refractivity contribution >= 4 is 11.4 Å². The largest absolute Gasteiger partial charge is 0.381 e.